The minimum atomic E-state index is 1.01. The largest absolute Gasteiger partial charge is 0.308 e. The third-order valence-corrected chi connectivity index (χ3v) is 2.01. The van der Waals surface area contributed by atoms with E-state index in [1.165, 1.54) is 0 Å². The van der Waals surface area contributed by atoms with Crippen molar-refractivity contribution in [2.75, 3.05) is 40.8 Å². The summed E-state index contributed by atoms with van der Waals surface area (Å²) in [6, 6.07) is 0. The highest BCUT2D eigenvalue weighted by Gasteiger charge is 1.95. The second kappa shape index (κ2) is 15.1. The predicted octanol–water partition coefficient (Wildman–Crippen LogP) is 3.19. The molecule has 2 nitrogen and oxygen atoms in total. The van der Waals surface area contributed by atoms with Gasteiger partial charge in [-0.15, -0.1) is 0 Å². The zero-order valence-corrected chi connectivity index (χ0v) is 12.5. The van der Waals surface area contributed by atoms with Crippen molar-refractivity contribution in [3.63, 3.8) is 0 Å². The van der Waals surface area contributed by atoms with Gasteiger partial charge in [0.05, 0.1) is 0 Å². The highest BCUT2D eigenvalue weighted by Crippen LogP contribution is 1.86. The highest BCUT2D eigenvalue weighted by atomic mass is 15.1. The Morgan fingerprint density at radius 2 is 1.41 bits per heavy atom. The molecule has 0 heterocycles. The quantitative estimate of drug-likeness (QED) is 0.629. The first-order chi connectivity index (χ1) is 8.16. The lowest BCUT2D eigenvalue weighted by Crippen LogP contribution is -2.28. The minimum absolute atomic E-state index is 1.01. The number of rotatable bonds is 7. The molecule has 0 aromatic rings. The number of hydrogen-bond donors (Lipinski definition) is 0. The molecule has 0 rings (SSSR count). The summed E-state index contributed by atoms with van der Waals surface area (Å²) >= 11 is 0. The van der Waals surface area contributed by atoms with Crippen molar-refractivity contribution in [3.05, 3.63) is 36.5 Å². The van der Waals surface area contributed by atoms with Gasteiger partial charge in [0.2, 0.25) is 0 Å². The third-order valence-electron chi connectivity index (χ3n) is 2.01. The van der Waals surface area contributed by atoms with Crippen LogP contribution in [0.15, 0.2) is 36.5 Å². The number of allylic oxidation sites excluding steroid dienone is 5. The van der Waals surface area contributed by atoms with Crippen molar-refractivity contribution >= 4 is 0 Å². The molecular weight excluding hydrogens is 208 g/mol. The molecule has 0 spiro atoms. The lowest BCUT2D eigenvalue weighted by molar-refractivity contribution is 0.302. The van der Waals surface area contributed by atoms with Crippen molar-refractivity contribution in [1.82, 2.24) is 9.80 Å². The van der Waals surface area contributed by atoms with Crippen LogP contribution in [0.2, 0.25) is 0 Å². The molecule has 0 unspecified atom stereocenters. The fourth-order valence-electron chi connectivity index (χ4n) is 1.02. The molecule has 17 heavy (non-hydrogen) atoms. The molecule has 0 aliphatic rings. The summed E-state index contributed by atoms with van der Waals surface area (Å²) in [7, 11) is 6.34. The molecule has 2 heteroatoms. The van der Waals surface area contributed by atoms with Gasteiger partial charge in [-0.2, -0.15) is 0 Å². The highest BCUT2D eigenvalue weighted by molar-refractivity contribution is 5.10. The van der Waals surface area contributed by atoms with E-state index in [1.807, 2.05) is 39.0 Å². The normalized spacial score (nSPS) is 12.0. The Balaban J connectivity index is 0. The zero-order chi connectivity index (χ0) is 13.5. The summed E-state index contributed by atoms with van der Waals surface area (Å²) in [6.07, 6.45) is 12.4. The van der Waals surface area contributed by atoms with Gasteiger partial charge < -0.3 is 9.80 Å². The van der Waals surface area contributed by atoms with Crippen LogP contribution in [0.1, 0.15) is 20.8 Å². The molecule has 0 fully saturated rings. The monoisotopic (exact) mass is 238 g/mol. The number of likely N-dealkylation sites (N-methyl/N-ethyl adjacent to an activating group) is 2. The van der Waals surface area contributed by atoms with E-state index >= 15 is 0 Å². The van der Waals surface area contributed by atoms with Crippen LogP contribution >= 0.6 is 0 Å². The first-order valence-electron chi connectivity index (χ1n) is 6.44. The van der Waals surface area contributed by atoms with E-state index in [0.717, 1.165) is 19.6 Å². The lowest BCUT2D eigenvalue weighted by atomic mass is 10.4. The Hall–Kier alpha value is -0.860. The molecule has 100 valence electrons. The van der Waals surface area contributed by atoms with E-state index < -0.39 is 0 Å². The predicted molar refractivity (Wildman–Crippen MR) is 80.5 cm³/mol. The molecule has 0 saturated carbocycles. The maximum absolute atomic E-state index is 2.31. The average molecular weight is 238 g/mol. The fourth-order valence-corrected chi connectivity index (χ4v) is 1.02. The van der Waals surface area contributed by atoms with E-state index in [4.69, 9.17) is 0 Å². The molecule has 0 radical (unpaired) electrons. The van der Waals surface area contributed by atoms with Gasteiger partial charge in [0.25, 0.3) is 0 Å². The molecule has 0 saturated heterocycles. The van der Waals surface area contributed by atoms with Crippen molar-refractivity contribution in [3.8, 4) is 0 Å². The van der Waals surface area contributed by atoms with Crippen LogP contribution in [0.25, 0.3) is 0 Å². The van der Waals surface area contributed by atoms with Crippen molar-refractivity contribution in [2.24, 2.45) is 0 Å². The van der Waals surface area contributed by atoms with Crippen LogP contribution in [-0.2, 0) is 0 Å². The molecule has 0 aliphatic carbocycles. The first kappa shape index (κ1) is 18.5. The van der Waals surface area contributed by atoms with E-state index in [1.54, 1.807) is 0 Å². The Morgan fingerprint density at radius 1 is 0.824 bits per heavy atom. The Morgan fingerprint density at radius 3 is 1.94 bits per heavy atom. The average Bonchev–Trinajstić information content (AvgIpc) is 2.33. The molecule has 0 bridgehead atoms. The van der Waals surface area contributed by atoms with Crippen LogP contribution in [-0.4, -0.2) is 50.6 Å². The van der Waals surface area contributed by atoms with Gasteiger partial charge in [0.15, 0.2) is 0 Å². The summed E-state index contributed by atoms with van der Waals surface area (Å²) in [5.74, 6) is 0. The summed E-state index contributed by atoms with van der Waals surface area (Å²) < 4.78 is 0. The van der Waals surface area contributed by atoms with E-state index in [2.05, 4.69) is 49.2 Å². The summed E-state index contributed by atoms with van der Waals surface area (Å²) in [5.41, 5.74) is 0. The Labute approximate surface area is 108 Å². The van der Waals surface area contributed by atoms with Gasteiger partial charge in [0.1, 0.15) is 0 Å². The van der Waals surface area contributed by atoms with Crippen molar-refractivity contribution in [2.45, 2.75) is 20.8 Å². The molecule has 0 aliphatic heterocycles. The number of hydrogen-bond acceptors (Lipinski definition) is 2. The fraction of sp³-hybridized carbons (Fsp3) is 0.600. The third kappa shape index (κ3) is 17.7. The van der Waals surface area contributed by atoms with E-state index in [9.17, 15) is 0 Å². The standard InChI is InChI=1S/C13H24N2.C2H6/c1-5-6-7-8-9-10-11-15(4)13-12-14(2)3;1-2/h5-10H,11-13H2,1-4H3;1-2H3/b6-5-,8-7-,10-9+;. The molecule has 0 N–H and O–H groups in total. The molecule has 0 aromatic carbocycles. The van der Waals surface area contributed by atoms with Gasteiger partial charge in [0, 0.05) is 19.6 Å². The first-order valence-corrected chi connectivity index (χ1v) is 6.44. The van der Waals surface area contributed by atoms with Crippen LogP contribution in [0, 0.1) is 0 Å². The topological polar surface area (TPSA) is 6.48 Å². The number of nitrogens with zero attached hydrogens (tertiary/aromatic N) is 2. The summed E-state index contributed by atoms with van der Waals surface area (Å²) in [4.78, 5) is 4.51. The smallest absolute Gasteiger partial charge is 0.0163 e. The Kier molecular flexibility index (Phi) is 16.5. The zero-order valence-electron chi connectivity index (χ0n) is 12.5. The second-order valence-electron chi connectivity index (χ2n) is 3.90. The SMILES string of the molecule is CC.C\C=C/C=C\C=C\CN(C)CCN(C)C. The molecular formula is C15H30N2. The Bertz CT molecular complexity index is 215. The van der Waals surface area contributed by atoms with E-state index in [0.29, 0.717) is 0 Å². The maximum Gasteiger partial charge on any atom is 0.0163 e. The molecule has 0 atom stereocenters. The van der Waals surface area contributed by atoms with Gasteiger partial charge >= 0.3 is 0 Å². The minimum Gasteiger partial charge on any atom is -0.308 e. The van der Waals surface area contributed by atoms with Gasteiger partial charge in [-0.25, -0.2) is 0 Å². The summed E-state index contributed by atoms with van der Waals surface area (Å²) in [6.45, 7) is 9.24. The molecule has 0 amide bonds. The van der Waals surface area contributed by atoms with Crippen LogP contribution in [0.4, 0.5) is 0 Å². The summed E-state index contributed by atoms with van der Waals surface area (Å²) in [5, 5.41) is 0. The van der Waals surface area contributed by atoms with Gasteiger partial charge in [-0.1, -0.05) is 50.3 Å². The lowest BCUT2D eigenvalue weighted by Gasteiger charge is -2.17. The van der Waals surface area contributed by atoms with Gasteiger partial charge in [-0.05, 0) is 28.1 Å². The van der Waals surface area contributed by atoms with Crippen molar-refractivity contribution in [1.29, 1.82) is 0 Å². The molecule has 0 aromatic heterocycles. The maximum atomic E-state index is 2.31. The van der Waals surface area contributed by atoms with Crippen molar-refractivity contribution < 1.29 is 0 Å². The van der Waals surface area contributed by atoms with E-state index in [-0.39, 0.29) is 0 Å². The van der Waals surface area contributed by atoms with Gasteiger partial charge in [-0.3, -0.25) is 0 Å². The second-order valence-corrected chi connectivity index (χ2v) is 3.90. The van der Waals surface area contributed by atoms with Crippen LogP contribution in [0.3, 0.4) is 0 Å². The van der Waals surface area contributed by atoms with Crippen LogP contribution < -0.4 is 0 Å². The van der Waals surface area contributed by atoms with Crippen LogP contribution in [0.5, 0.6) is 0 Å².